The molecule has 0 radical (unpaired) electrons. The predicted octanol–water partition coefficient (Wildman–Crippen LogP) is 6.60. The number of urea groups is 1. The highest BCUT2D eigenvalue weighted by Crippen LogP contribution is 2.26. The van der Waals surface area contributed by atoms with Crippen molar-refractivity contribution in [2.45, 2.75) is 32.0 Å². The molecular weight excluding hydrogens is 456 g/mol. The molecule has 0 aliphatic carbocycles. The lowest BCUT2D eigenvalue weighted by atomic mass is 10.0. The first-order chi connectivity index (χ1) is 18.1. The minimum absolute atomic E-state index is 0.0328. The molecular formula is C32H36N4O. The summed E-state index contributed by atoms with van der Waals surface area (Å²) in [5.41, 5.74) is 4.50. The molecule has 1 aliphatic heterocycles. The first-order valence-corrected chi connectivity index (χ1v) is 13.1. The fourth-order valence-corrected chi connectivity index (χ4v) is 5.22. The Kier molecular flexibility index (Phi) is 7.71. The summed E-state index contributed by atoms with van der Waals surface area (Å²) in [5, 5.41) is 5.44. The minimum Gasteiger partial charge on any atom is -0.378 e. The van der Waals surface area contributed by atoms with Gasteiger partial charge in [0.25, 0.3) is 0 Å². The van der Waals surface area contributed by atoms with E-state index in [1.54, 1.807) is 0 Å². The van der Waals surface area contributed by atoms with Crippen LogP contribution in [0.5, 0.6) is 0 Å². The first kappa shape index (κ1) is 24.8. The van der Waals surface area contributed by atoms with Crippen LogP contribution in [0.25, 0.3) is 10.8 Å². The topological polar surface area (TPSA) is 38.8 Å². The maximum absolute atomic E-state index is 13.8. The second kappa shape index (κ2) is 11.5. The van der Waals surface area contributed by atoms with Gasteiger partial charge in [-0.15, -0.1) is 0 Å². The average molecular weight is 493 g/mol. The largest absolute Gasteiger partial charge is 0.378 e. The van der Waals surface area contributed by atoms with Crippen LogP contribution in [0.3, 0.4) is 0 Å². The lowest BCUT2D eigenvalue weighted by molar-refractivity contribution is 0.120. The quantitative estimate of drug-likeness (QED) is 0.316. The molecule has 1 saturated heterocycles. The lowest BCUT2D eigenvalue weighted by Gasteiger charge is -2.38. The summed E-state index contributed by atoms with van der Waals surface area (Å²) in [6, 6.07) is 33.6. The molecule has 0 spiro atoms. The van der Waals surface area contributed by atoms with Crippen molar-refractivity contribution in [2.24, 2.45) is 0 Å². The highest BCUT2D eigenvalue weighted by molar-refractivity contribution is 6.01. The Hall–Kier alpha value is -3.83. The summed E-state index contributed by atoms with van der Waals surface area (Å²) in [7, 11) is 4.09. The first-order valence-electron chi connectivity index (χ1n) is 13.1. The van der Waals surface area contributed by atoms with Crippen molar-refractivity contribution < 1.29 is 4.79 Å². The summed E-state index contributed by atoms with van der Waals surface area (Å²) < 4.78 is 0. The Labute approximate surface area is 220 Å². The molecule has 0 bridgehead atoms. The third kappa shape index (κ3) is 6.12. The number of anilines is 2. The lowest BCUT2D eigenvalue weighted by Crippen LogP contribution is -2.48. The van der Waals surface area contributed by atoms with Gasteiger partial charge in [0.1, 0.15) is 0 Å². The predicted molar refractivity (Wildman–Crippen MR) is 154 cm³/mol. The van der Waals surface area contributed by atoms with Crippen molar-refractivity contribution in [1.82, 2.24) is 9.80 Å². The van der Waals surface area contributed by atoms with Crippen molar-refractivity contribution in [3.8, 4) is 0 Å². The van der Waals surface area contributed by atoms with E-state index in [1.807, 2.05) is 43.3 Å². The number of rotatable bonds is 7. The Morgan fingerprint density at radius 1 is 0.811 bits per heavy atom. The van der Waals surface area contributed by atoms with E-state index in [-0.39, 0.29) is 12.1 Å². The van der Waals surface area contributed by atoms with E-state index >= 15 is 0 Å². The number of hydrogen-bond acceptors (Lipinski definition) is 3. The smallest absolute Gasteiger partial charge is 0.322 e. The third-order valence-corrected chi connectivity index (χ3v) is 7.34. The van der Waals surface area contributed by atoms with E-state index in [1.165, 1.54) is 5.56 Å². The number of carbonyl (C=O) groups excluding carboxylic acids is 1. The molecule has 5 rings (SSSR count). The van der Waals surface area contributed by atoms with Gasteiger partial charge in [-0.05, 0) is 47.6 Å². The zero-order chi connectivity index (χ0) is 25.6. The van der Waals surface area contributed by atoms with Gasteiger partial charge < -0.3 is 15.1 Å². The molecule has 4 aromatic rings. The Morgan fingerprint density at radius 2 is 1.49 bits per heavy atom. The number of nitrogens with zero attached hydrogens (tertiary/aromatic N) is 3. The maximum atomic E-state index is 13.8. The van der Waals surface area contributed by atoms with Crippen LogP contribution in [0.15, 0.2) is 97.1 Å². The number of likely N-dealkylation sites (tertiary alicyclic amines) is 1. The zero-order valence-electron chi connectivity index (χ0n) is 21.8. The van der Waals surface area contributed by atoms with E-state index in [0.29, 0.717) is 6.54 Å². The molecule has 2 amide bonds. The molecule has 0 saturated carbocycles. The number of hydrogen-bond donors (Lipinski definition) is 1. The number of fused-ring (bicyclic) bond motifs is 1. The number of carbonyl (C=O) groups is 1. The van der Waals surface area contributed by atoms with Crippen LogP contribution >= 0.6 is 0 Å². The summed E-state index contributed by atoms with van der Waals surface area (Å²) in [4.78, 5) is 20.4. The summed E-state index contributed by atoms with van der Waals surface area (Å²) in [5.74, 6) is 0. The standard InChI is InChI=1S/C32H36N4O/c1-34(2)28-17-15-26(16-18-28)24-36(29-19-21-35(22-20-29)23-25-9-4-3-5-10-25)32(37)33-31-14-8-12-27-11-6-7-13-30(27)31/h3-18,29H,19-24H2,1-2H3,(H,33,37). The van der Waals surface area contributed by atoms with Crippen LogP contribution in [0.4, 0.5) is 16.2 Å². The van der Waals surface area contributed by atoms with Crippen LogP contribution in [-0.4, -0.2) is 49.1 Å². The number of amides is 2. The van der Waals surface area contributed by atoms with Crippen LogP contribution in [0.2, 0.25) is 0 Å². The fourth-order valence-electron chi connectivity index (χ4n) is 5.22. The molecule has 5 heteroatoms. The highest BCUT2D eigenvalue weighted by Gasteiger charge is 2.28. The summed E-state index contributed by atoms with van der Waals surface area (Å²) in [6.07, 6.45) is 1.93. The van der Waals surface area contributed by atoms with E-state index in [0.717, 1.165) is 60.2 Å². The second-order valence-electron chi connectivity index (χ2n) is 10.1. The van der Waals surface area contributed by atoms with Gasteiger partial charge in [0.2, 0.25) is 0 Å². The molecule has 4 aromatic carbocycles. The van der Waals surface area contributed by atoms with Crippen molar-refractivity contribution in [3.05, 3.63) is 108 Å². The van der Waals surface area contributed by atoms with Crippen LogP contribution in [0.1, 0.15) is 24.0 Å². The van der Waals surface area contributed by atoms with Gasteiger partial charge >= 0.3 is 6.03 Å². The van der Waals surface area contributed by atoms with Gasteiger partial charge in [-0.2, -0.15) is 0 Å². The Bertz CT molecular complexity index is 1310. The molecule has 190 valence electrons. The molecule has 0 unspecified atom stereocenters. The molecule has 5 nitrogen and oxygen atoms in total. The van der Waals surface area contributed by atoms with Crippen LogP contribution in [0, 0.1) is 0 Å². The van der Waals surface area contributed by atoms with Crippen LogP contribution < -0.4 is 10.2 Å². The summed E-state index contributed by atoms with van der Waals surface area (Å²) >= 11 is 0. The van der Waals surface area contributed by atoms with Crippen molar-refractivity contribution in [2.75, 3.05) is 37.4 Å². The summed E-state index contributed by atoms with van der Waals surface area (Å²) in [6.45, 7) is 3.52. The minimum atomic E-state index is -0.0328. The molecule has 37 heavy (non-hydrogen) atoms. The molecule has 0 atom stereocenters. The molecule has 1 N–H and O–H groups in total. The van der Waals surface area contributed by atoms with Gasteiger partial charge in [0.05, 0.1) is 5.69 Å². The molecule has 1 aliphatic rings. The second-order valence-corrected chi connectivity index (χ2v) is 10.1. The van der Waals surface area contributed by atoms with Gasteiger partial charge in [0, 0.05) is 57.4 Å². The number of benzene rings is 4. The van der Waals surface area contributed by atoms with Gasteiger partial charge in [-0.3, -0.25) is 4.90 Å². The van der Waals surface area contributed by atoms with Gasteiger partial charge in [-0.25, -0.2) is 4.79 Å². The third-order valence-electron chi connectivity index (χ3n) is 7.34. The molecule has 1 fully saturated rings. The Morgan fingerprint density at radius 3 is 2.22 bits per heavy atom. The zero-order valence-corrected chi connectivity index (χ0v) is 21.8. The molecule has 0 aromatic heterocycles. The fraction of sp³-hybridized carbons (Fsp3) is 0.281. The number of piperidine rings is 1. The Balaban J connectivity index is 1.33. The highest BCUT2D eigenvalue weighted by atomic mass is 16.2. The van der Waals surface area contributed by atoms with E-state index < -0.39 is 0 Å². The van der Waals surface area contributed by atoms with Crippen LogP contribution in [-0.2, 0) is 13.1 Å². The van der Waals surface area contributed by atoms with E-state index in [9.17, 15) is 4.79 Å². The number of nitrogens with one attached hydrogen (secondary N) is 1. The monoisotopic (exact) mass is 492 g/mol. The normalized spacial score (nSPS) is 14.4. The van der Waals surface area contributed by atoms with Crippen molar-refractivity contribution >= 4 is 28.2 Å². The van der Waals surface area contributed by atoms with E-state index in [2.05, 4.69) is 87.9 Å². The molecule has 1 heterocycles. The van der Waals surface area contributed by atoms with Gasteiger partial charge in [-0.1, -0.05) is 78.9 Å². The van der Waals surface area contributed by atoms with Gasteiger partial charge in [0.15, 0.2) is 0 Å². The van der Waals surface area contributed by atoms with Crippen molar-refractivity contribution in [3.63, 3.8) is 0 Å². The maximum Gasteiger partial charge on any atom is 0.322 e. The van der Waals surface area contributed by atoms with E-state index in [4.69, 9.17) is 0 Å². The van der Waals surface area contributed by atoms with Crippen molar-refractivity contribution in [1.29, 1.82) is 0 Å². The SMILES string of the molecule is CN(C)c1ccc(CN(C(=O)Nc2cccc3ccccc23)C2CCN(Cc3ccccc3)CC2)cc1. The average Bonchev–Trinajstić information content (AvgIpc) is 2.93.